The average molecular weight is 345 g/mol. The standard InChI is InChI=1S/C19H27N3O3/c23-18-8-4-5-9-22(18)16-19(24)21-12-10-20(11-13-21)14-15-25-17-6-2-1-3-7-17/h1-3,6-7H,4-5,8-16H2. The summed E-state index contributed by atoms with van der Waals surface area (Å²) in [6, 6.07) is 9.82. The lowest BCUT2D eigenvalue weighted by Crippen LogP contribution is -2.52. The van der Waals surface area contributed by atoms with Crippen molar-refractivity contribution in [3.05, 3.63) is 30.3 Å². The third-order valence-corrected chi connectivity index (χ3v) is 4.89. The van der Waals surface area contributed by atoms with E-state index < -0.39 is 0 Å². The molecule has 25 heavy (non-hydrogen) atoms. The van der Waals surface area contributed by atoms with Crippen LogP contribution in [0.25, 0.3) is 0 Å². The van der Waals surface area contributed by atoms with E-state index in [9.17, 15) is 9.59 Å². The van der Waals surface area contributed by atoms with Crippen molar-refractivity contribution in [1.82, 2.24) is 14.7 Å². The molecule has 6 heteroatoms. The fourth-order valence-corrected chi connectivity index (χ4v) is 3.32. The van der Waals surface area contributed by atoms with Gasteiger partial charge < -0.3 is 14.5 Å². The summed E-state index contributed by atoms with van der Waals surface area (Å²) in [6.07, 6.45) is 2.55. The number of piperazine rings is 1. The lowest BCUT2D eigenvalue weighted by molar-refractivity contribution is -0.142. The van der Waals surface area contributed by atoms with Crippen LogP contribution in [0, 0.1) is 0 Å². The van der Waals surface area contributed by atoms with Gasteiger partial charge in [0.05, 0.1) is 6.54 Å². The average Bonchev–Trinajstić information content (AvgIpc) is 2.65. The van der Waals surface area contributed by atoms with E-state index in [0.717, 1.165) is 57.9 Å². The molecule has 3 rings (SSSR count). The molecule has 0 bridgehead atoms. The number of piperidine rings is 1. The molecule has 136 valence electrons. The Labute approximate surface area is 149 Å². The zero-order valence-corrected chi connectivity index (χ0v) is 14.7. The summed E-state index contributed by atoms with van der Waals surface area (Å²) in [6.45, 7) is 5.66. The third kappa shape index (κ3) is 5.19. The molecule has 6 nitrogen and oxygen atoms in total. The van der Waals surface area contributed by atoms with Crippen LogP contribution in [-0.4, -0.2) is 78.9 Å². The first kappa shape index (κ1) is 17.7. The number of nitrogens with zero attached hydrogens (tertiary/aromatic N) is 3. The van der Waals surface area contributed by atoms with Crippen molar-refractivity contribution in [2.75, 3.05) is 52.4 Å². The van der Waals surface area contributed by atoms with Gasteiger partial charge in [0, 0.05) is 45.7 Å². The Morgan fingerprint density at radius 1 is 1.00 bits per heavy atom. The highest BCUT2D eigenvalue weighted by Gasteiger charge is 2.25. The summed E-state index contributed by atoms with van der Waals surface area (Å²) in [5, 5.41) is 0. The highest BCUT2D eigenvalue weighted by Crippen LogP contribution is 2.12. The van der Waals surface area contributed by atoms with E-state index in [4.69, 9.17) is 4.74 Å². The van der Waals surface area contributed by atoms with Gasteiger partial charge in [0.15, 0.2) is 0 Å². The maximum Gasteiger partial charge on any atom is 0.242 e. The SMILES string of the molecule is O=C(CN1CCCCC1=O)N1CCN(CCOc2ccccc2)CC1. The number of carbonyl (C=O) groups is 2. The van der Waals surface area contributed by atoms with Crippen molar-refractivity contribution in [2.45, 2.75) is 19.3 Å². The van der Waals surface area contributed by atoms with Crippen molar-refractivity contribution < 1.29 is 14.3 Å². The molecule has 2 amide bonds. The molecule has 0 aromatic heterocycles. The molecule has 0 radical (unpaired) electrons. The van der Waals surface area contributed by atoms with E-state index in [1.807, 2.05) is 35.2 Å². The predicted molar refractivity (Wildman–Crippen MR) is 95.4 cm³/mol. The summed E-state index contributed by atoms with van der Waals surface area (Å²) in [5.41, 5.74) is 0. The van der Waals surface area contributed by atoms with E-state index in [1.54, 1.807) is 4.90 Å². The van der Waals surface area contributed by atoms with Gasteiger partial charge in [-0.15, -0.1) is 0 Å². The van der Waals surface area contributed by atoms with Crippen LogP contribution >= 0.6 is 0 Å². The van der Waals surface area contributed by atoms with Gasteiger partial charge in [0.2, 0.25) is 11.8 Å². The lowest BCUT2D eigenvalue weighted by atomic mass is 10.1. The predicted octanol–water partition coefficient (Wildman–Crippen LogP) is 1.22. The van der Waals surface area contributed by atoms with E-state index in [1.165, 1.54) is 0 Å². The first-order chi connectivity index (χ1) is 12.2. The molecule has 0 spiro atoms. The smallest absolute Gasteiger partial charge is 0.242 e. The molecule has 1 aromatic rings. The number of hydrogen-bond acceptors (Lipinski definition) is 4. The Bertz CT molecular complexity index is 571. The maximum absolute atomic E-state index is 12.4. The molecule has 0 saturated carbocycles. The normalized spacial score (nSPS) is 19.1. The molecule has 0 N–H and O–H groups in total. The second-order valence-electron chi connectivity index (χ2n) is 6.66. The Hall–Kier alpha value is -2.08. The number of para-hydroxylation sites is 1. The molecule has 2 saturated heterocycles. The van der Waals surface area contributed by atoms with E-state index in [0.29, 0.717) is 13.0 Å². The van der Waals surface area contributed by atoms with Gasteiger partial charge in [-0.3, -0.25) is 14.5 Å². The topological polar surface area (TPSA) is 53.1 Å². The Morgan fingerprint density at radius 2 is 1.76 bits per heavy atom. The number of ether oxygens (including phenoxy) is 1. The molecule has 2 fully saturated rings. The monoisotopic (exact) mass is 345 g/mol. The minimum Gasteiger partial charge on any atom is -0.492 e. The summed E-state index contributed by atoms with van der Waals surface area (Å²) in [4.78, 5) is 30.2. The molecule has 2 aliphatic heterocycles. The van der Waals surface area contributed by atoms with Gasteiger partial charge >= 0.3 is 0 Å². The fraction of sp³-hybridized carbons (Fsp3) is 0.579. The Balaban J connectivity index is 1.35. The van der Waals surface area contributed by atoms with Gasteiger partial charge in [0.25, 0.3) is 0 Å². The largest absolute Gasteiger partial charge is 0.492 e. The zero-order valence-electron chi connectivity index (χ0n) is 14.7. The highest BCUT2D eigenvalue weighted by molar-refractivity contribution is 5.85. The van der Waals surface area contributed by atoms with Gasteiger partial charge in [-0.2, -0.15) is 0 Å². The second-order valence-corrected chi connectivity index (χ2v) is 6.66. The molecule has 0 unspecified atom stereocenters. The van der Waals surface area contributed by atoms with Gasteiger partial charge in [-0.05, 0) is 25.0 Å². The quantitative estimate of drug-likeness (QED) is 0.778. The third-order valence-electron chi connectivity index (χ3n) is 4.89. The molecule has 0 atom stereocenters. The van der Waals surface area contributed by atoms with E-state index >= 15 is 0 Å². The van der Waals surface area contributed by atoms with Crippen LogP contribution in [-0.2, 0) is 9.59 Å². The number of carbonyl (C=O) groups excluding carboxylic acids is 2. The zero-order chi connectivity index (χ0) is 17.5. The fourth-order valence-electron chi connectivity index (χ4n) is 3.32. The first-order valence-corrected chi connectivity index (χ1v) is 9.18. The number of amides is 2. The molecule has 2 heterocycles. The Kier molecular flexibility index (Phi) is 6.28. The van der Waals surface area contributed by atoms with Gasteiger partial charge in [0.1, 0.15) is 12.4 Å². The van der Waals surface area contributed by atoms with Crippen LogP contribution in [0.5, 0.6) is 5.75 Å². The molecular formula is C19H27N3O3. The highest BCUT2D eigenvalue weighted by atomic mass is 16.5. The number of hydrogen-bond donors (Lipinski definition) is 0. The van der Waals surface area contributed by atoms with Crippen molar-refractivity contribution >= 4 is 11.8 Å². The maximum atomic E-state index is 12.4. The second kappa shape index (κ2) is 8.85. The number of benzene rings is 1. The van der Waals surface area contributed by atoms with Crippen LogP contribution in [0.3, 0.4) is 0 Å². The van der Waals surface area contributed by atoms with Crippen molar-refractivity contribution in [2.24, 2.45) is 0 Å². The lowest BCUT2D eigenvalue weighted by Gasteiger charge is -2.36. The van der Waals surface area contributed by atoms with Crippen LogP contribution in [0.4, 0.5) is 0 Å². The minimum atomic E-state index is 0.0791. The minimum absolute atomic E-state index is 0.0791. The summed E-state index contributed by atoms with van der Waals surface area (Å²) in [7, 11) is 0. The van der Waals surface area contributed by atoms with Crippen LogP contribution in [0.1, 0.15) is 19.3 Å². The van der Waals surface area contributed by atoms with Gasteiger partial charge in [-0.25, -0.2) is 0 Å². The Morgan fingerprint density at radius 3 is 2.48 bits per heavy atom. The molecule has 2 aliphatic rings. The van der Waals surface area contributed by atoms with Crippen molar-refractivity contribution in [3.63, 3.8) is 0 Å². The van der Waals surface area contributed by atoms with E-state index in [-0.39, 0.29) is 18.4 Å². The number of likely N-dealkylation sites (tertiary alicyclic amines) is 1. The van der Waals surface area contributed by atoms with Crippen LogP contribution in [0.15, 0.2) is 30.3 Å². The van der Waals surface area contributed by atoms with E-state index in [2.05, 4.69) is 4.90 Å². The van der Waals surface area contributed by atoms with Crippen molar-refractivity contribution in [1.29, 1.82) is 0 Å². The summed E-state index contributed by atoms with van der Waals surface area (Å²) in [5.74, 6) is 1.09. The first-order valence-electron chi connectivity index (χ1n) is 9.18. The summed E-state index contributed by atoms with van der Waals surface area (Å²) >= 11 is 0. The van der Waals surface area contributed by atoms with Crippen molar-refractivity contribution in [3.8, 4) is 5.75 Å². The van der Waals surface area contributed by atoms with Crippen LogP contribution < -0.4 is 4.74 Å². The molecular weight excluding hydrogens is 318 g/mol. The summed E-state index contributed by atoms with van der Waals surface area (Å²) < 4.78 is 5.73. The van der Waals surface area contributed by atoms with Gasteiger partial charge in [-0.1, -0.05) is 18.2 Å². The van der Waals surface area contributed by atoms with Crippen LogP contribution in [0.2, 0.25) is 0 Å². The number of rotatable bonds is 6. The molecule has 1 aromatic carbocycles. The molecule has 0 aliphatic carbocycles.